The number of aromatic amines is 1. The van der Waals surface area contributed by atoms with Gasteiger partial charge < -0.3 is 15.2 Å². The van der Waals surface area contributed by atoms with Crippen LogP contribution in [0.4, 0.5) is 5.82 Å². The summed E-state index contributed by atoms with van der Waals surface area (Å²) >= 11 is 0. The zero-order chi connectivity index (χ0) is 11.1. The van der Waals surface area contributed by atoms with Crippen LogP contribution < -0.4 is 5.73 Å². The number of aromatic nitrogens is 2. The molecule has 0 aliphatic carbocycles. The van der Waals surface area contributed by atoms with E-state index in [0.717, 1.165) is 16.5 Å². The Bertz CT molecular complexity index is 651. The third kappa shape index (κ3) is 1.20. The molecule has 0 bridgehead atoms. The molecule has 0 atom stereocenters. The number of hydrogen-bond acceptors (Lipinski definition) is 3. The number of nitrogens with zero attached hydrogens (tertiary/aromatic N) is 1. The molecule has 0 amide bonds. The third-order valence-electron chi connectivity index (χ3n) is 2.71. The molecule has 1 aromatic carbocycles. The SMILES string of the molecule is Cc1cccc2[nH]cc(-c3cc(N)no3)c12. The van der Waals surface area contributed by atoms with Crippen molar-refractivity contribution in [2.45, 2.75) is 6.92 Å². The molecule has 4 heteroatoms. The van der Waals surface area contributed by atoms with E-state index in [-0.39, 0.29) is 0 Å². The number of anilines is 1. The Morgan fingerprint density at radius 1 is 1.38 bits per heavy atom. The van der Waals surface area contributed by atoms with E-state index >= 15 is 0 Å². The van der Waals surface area contributed by atoms with Crippen molar-refractivity contribution in [3.05, 3.63) is 36.0 Å². The van der Waals surface area contributed by atoms with Crippen molar-refractivity contribution < 1.29 is 4.52 Å². The van der Waals surface area contributed by atoms with Crippen molar-refractivity contribution in [3.63, 3.8) is 0 Å². The van der Waals surface area contributed by atoms with Gasteiger partial charge in [0.25, 0.3) is 0 Å². The molecule has 0 aliphatic heterocycles. The van der Waals surface area contributed by atoms with Crippen molar-refractivity contribution in [3.8, 4) is 11.3 Å². The molecule has 3 N–H and O–H groups in total. The Kier molecular flexibility index (Phi) is 1.77. The van der Waals surface area contributed by atoms with Crippen LogP contribution in [0, 0.1) is 6.92 Å². The van der Waals surface area contributed by atoms with Gasteiger partial charge in [0, 0.05) is 28.7 Å². The molecule has 0 saturated carbocycles. The Morgan fingerprint density at radius 3 is 3.00 bits per heavy atom. The van der Waals surface area contributed by atoms with Gasteiger partial charge in [-0.1, -0.05) is 17.3 Å². The molecule has 16 heavy (non-hydrogen) atoms. The highest BCUT2D eigenvalue weighted by Gasteiger charge is 2.11. The molecule has 3 aromatic rings. The van der Waals surface area contributed by atoms with Crippen LogP contribution in [-0.4, -0.2) is 10.1 Å². The van der Waals surface area contributed by atoms with E-state index in [1.165, 1.54) is 5.56 Å². The molecule has 0 saturated heterocycles. The van der Waals surface area contributed by atoms with Crippen molar-refractivity contribution in [1.82, 2.24) is 10.1 Å². The Morgan fingerprint density at radius 2 is 2.25 bits per heavy atom. The standard InChI is InChI=1S/C12H11N3O/c1-7-3-2-4-9-12(7)8(6-14-9)10-5-11(13)15-16-10/h2-6,14H,1H3,(H2,13,15). The molecular formula is C12H11N3O. The van der Waals surface area contributed by atoms with Gasteiger partial charge in [0.2, 0.25) is 0 Å². The van der Waals surface area contributed by atoms with E-state index in [9.17, 15) is 0 Å². The van der Waals surface area contributed by atoms with Crippen LogP contribution >= 0.6 is 0 Å². The largest absolute Gasteiger partial charge is 0.381 e. The second kappa shape index (κ2) is 3.13. The number of benzene rings is 1. The summed E-state index contributed by atoms with van der Waals surface area (Å²) in [6.07, 6.45) is 1.91. The number of fused-ring (bicyclic) bond motifs is 1. The topological polar surface area (TPSA) is 67.8 Å². The number of H-pyrrole nitrogens is 1. The smallest absolute Gasteiger partial charge is 0.171 e. The Hall–Kier alpha value is -2.23. The maximum Gasteiger partial charge on any atom is 0.171 e. The summed E-state index contributed by atoms with van der Waals surface area (Å²) < 4.78 is 5.18. The fourth-order valence-electron chi connectivity index (χ4n) is 1.98. The molecular weight excluding hydrogens is 202 g/mol. The molecule has 0 radical (unpaired) electrons. The van der Waals surface area contributed by atoms with Crippen LogP contribution in [0.1, 0.15) is 5.56 Å². The number of nitrogens with one attached hydrogen (secondary N) is 1. The Labute approximate surface area is 92.0 Å². The van der Waals surface area contributed by atoms with E-state index in [0.29, 0.717) is 11.6 Å². The average Bonchev–Trinajstić information content (AvgIpc) is 2.84. The Balaban J connectivity index is 2.32. The van der Waals surface area contributed by atoms with Crippen molar-refractivity contribution in [2.24, 2.45) is 0 Å². The molecule has 4 nitrogen and oxygen atoms in total. The summed E-state index contributed by atoms with van der Waals surface area (Å²) in [6, 6.07) is 7.85. The summed E-state index contributed by atoms with van der Waals surface area (Å²) in [4.78, 5) is 3.21. The molecule has 80 valence electrons. The van der Waals surface area contributed by atoms with Crippen molar-refractivity contribution >= 4 is 16.7 Å². The number of hydrogen-bond donors (Lipinski definition) is 2. The van der Waals surface area contributed by atoms with Crippen LogP contribution in [0.2, 0.25) is 0 Å². The number of nitrogens with two attached hydrogens (primary N) is 1. The fraction of sp³-hybridized carbons (Fsp3) is 0.0833. The van der Waals surface area contributed by atoms with Crippen molar-refractivity contribution in [1.29, 1.82) is 0 Å². The first-order chi connectivity index (χ1) is 7.75. The number of rotatable bonds is 1. The van der Waals surface area contributed by atoms with Gasteiger partial charge in [-0.25, -0.2) is 0 Å². The van der Waals surface area contributed by atoms with Gasteiger partial charge in [-0.05, 0) is 18.6 Å². The highest BCUT2D eigenvalue weighted by Crippen LogP contribution is 2.31. The minimum Gasteiger partial charge on any atom is -0.381 e. The van der Waals surface area contributed by atoms with E-state index < -0.39 is 0 Å². The van der Waals surface area contributed by atoms with Crippen LogP contribution in [0.25, 0.3) is 22.2 Å². The van der Waals surface area contributed by atoms with Gasteiger partial charge in [-0.2, -0.15) is 0 Å². The van der Waals surface area contributed by atoms with Gasteiger partial charge in [0.05, 0.1) is 0 Å². The van der Waals surface area contributed by atoms with E-state index in [1.54, 1.807) is 6.07 Å². The summed E-state index contributed by atoms with van der Waals surface area (Å²) in [5, 5.41) is 4.85. The van der Waals surface area contributed by atoms with Crippen LogP contribution in [0.15, 0.2) is 35.0 Å². The van der Waals surface area contributed by atoms with E-state index in [1.807, 2.05) is 18.3 Å². The zero-order valence-electron chi connectivity index (χ0n) is 8.82. The first-order valence-corrected chi connectivity index (χ1v) is 5.05. The number of aryl methyl sites for hydroxylation is 1. The first kappa shape index (κ1) is 9.03. The fourth-order valence-corrected chi connectivity index (χ4v) is 1.98. The molecule has 2 aromatic heterocycles. The summed E-state index contributed by atoms with van der Waals surface area (Å²) in [5.74, 6) is 1.09. The minimum absolute atomic E-state index is 0.401. The summed E-state index contributed by atoms with van der Waals surface area (Å²) in [7, 11) is 0. The predicted octanol–water partition coefficient (Wildman–Crippen LogP) is 2.71. The lowest BCUT2D eigenvalue weighted by Gasteiger charge is -1.97. The van der Waals surface area contributed by atoms with Gasteiger partial charge >= 0.3 is 0 Å². The molecule has 0 spiro atoms. The molecule has 0 aliphatic rings. The zero-order valence-corrected chi connectivity index (χ0v) is 8.82. The molecule has 0 fully saturated rings. The summed E-state index contributed by atoms with van der Waals surface area (Å²) in [6.45, 7) is 2.07. The van der Waals surface area contributed by atoms with Crippen LogP contribution in [0.3, 0.4) is 0 Å². The predicted molar refractivity (Wildman–Crippen MR) is 62.9 cm³/mol. The maximum absolute atomic E-state index is 5.55. The van der Waals surface area contributed by atoms with Gasteiger partial charge in [-0.15, -0.1) is 0 Å². The lowest BCUT2D eigenvalue weighted by atomic mass is 10.1. The molecule has 3 rings (SSSR count). The van der Waals surface area contributed by atoms with Crippen molar-refractivity contribution in [2.75, 3.05) is 5.73 Å². The highest BCUT2D eigenvalue weighted by molar-refractivity contribution is 5.96. The van der Waals surface area contributed by atoms with Crippen LogP contribution in [-0.2, 0) is 0 Å². The maximum atomic E-state index is 5.55. The van der Waals surface area contributed by atoms with Gasteiger partial charge in [0.15, 0.2) is 11.6 Å². The molecule has 2 heterocycles. The van der Waals surface area contributed by atoms with Crippen LogP contribution in [0.5, 0.6) is 0 Å². The lowest BCUT2D eigenvalue weighted by Crippen LogP contribution is -1.80. The highest BCUT2D eigenvalue weighted by atomic mass is 16.5. The normalized spacial score (nSPS) is 11.1. The second-order valence-corrected chi connectivity index (χ2v) is 3.82. The van der Waals surface area contributed by atoms with Gasteiger partial charge in [0.1, 0.15) is 0 Å². The minimum atomic E-state index is 0.401. The first-order valence-electron chi connectivity index (χ1n) is 5.05. The average molecular weight is 213 g/mol. The third-order valence-corrected chi connectivity index (χ3v) is 2.71. The van der Waals surface area contributed by atoms with E-state index in [4.69, 9.17) is 10.3 Å². The van der Waals surface area contributed by atoms with E-state index in [2.05, 4.69) is 23.1 Å². The quantitative estimate of drug-likeness (QED) is 0.653. The lowest BCUT2D eigenvalue weighted by molar-refractivity contribution is 0.436. The monoisotopic (exact) mass is 213 g/mol. The second-order valence-electron chi connectivity index (χ2n) is 3.82. The summed E-state index contributed by atoms with van der Waals surface area (Å²) in [5.41, 5.74) is 8.84. The van der Waals surface area contributed by atoms with Gasteiger partial charge in [-0.3, -0.25) is 0 Å². The number of nitrogen functional groups attached to an aromatic ring is 1. The molecule has 0 unspecified atom stereocenters.